The Morgan fingerprint density at radius 2 is 1.89 bits per heavy atom. The quantitative estimate of drug-likeness (QED) is 0.653. The second kappa shape index (κ2) is 4.28. The molecule has 1 aromatic carbocycles. The predicted octanol–water partition coefficient (Wildman–Crippen LogP) is 3.85. The van der Waals surface area contributed by atoms with Crippen LogP contribution in [0, 0.1) is 17.6 Å². The predicted molar refractivity (Wildman–Crippen MR) is 70.8 cm³/mol. The third kappa shape index (κ3) is 1.89. The summed E-state index contributed by atoms with van der Waals surface area (Å²) in [5.74, 6) is -0.103. The molecule has 94 valence electrons. The number of nitroso groups, excluding NO2 is 1. The van der Waals surface area contributed by atoms with Gasteiger partial charge in [0.15, 0.2) is 0 Å². The molecular formula is C14H10FN3O. The molecule has 0 N–H and O–H groups in total. The number of rotatable bonds is 2. The molecule has 0 saturated carbocycles. The Bertz CT molecular complexity index is 762. The standard InChI is InChI=1S/C14H10FN3O/c1-9-2-7-12-16-13(14(17-19)18(12)8-9)10-3-5-11(15)6-4-10/h2-8H,1H3. The van der Waals surface area contributed by atoms with Crippen LogP contribution in [0.15, 0.2) is 47.8 Å². The molecule has 0 atom stereocenters. The smallest absolute Gasteiger partial charge is 0.209 e. The molecule has 0 saturated heterocycles. The highest BCUT2D eigenvalue weighted by atomic mass is 19.1. The number of hydrogen-bond acceptors (Lipinski definition) is 3. The molecular weight excluding hydrogens is 245 g/mol. The molecule has 3 rings (SSSR count). The summed E-state index contributed by atoms with van der Waals surface area (Å²) in [6.45, 7) is 1.92. The van der Waals surface area contributed by atoms with E-state index in [1.54, 1.807) is 22.7 Å². The van der Waals surface area contributed by atoms with Crippen molar-refractivity contribution in [2.24, 2.45) is 5.18 Å². The van der Waals surface area contributed by atoms with E-state index in [0.717, 1.165) is 5.56 Å². The number of benzene rings is 1. The van der Waals surface area contributed by atoms with Gasteiger partial charge in [-0.3, -0.25) is 4.40 Å². The zero-order valence-corrected chi connectivity index (χ0v) is 10.2. The lowest BCUT2D eigenvalue weighted by atomic mass is 10.1. The van der Waals surface area contributed by atoms with Gasteiger partial charge in [0.25, 0.3) is 0 Å². The van der Waals surface area contributed by atoms with Gasteiger partial charge in [-0.05, 0) is 48.0 Å². The summed E-state index contributed by atoms with van der Waals surface area (Å²) in [5.41, 5.74) is 2.76. The van der Waals surface area contributed by atoms with Gasteiger partial charge < -0.3 is 0 Å². The van der Waals surface area contributed by atoms with Gasteiger partial charge in [0, 0.05) is 11.8 Å². The maximum Gasteiger partial charge on any atom is 0.209 e. The van der Waals surface area contributed by atoms with Crippen LogP contribution in [0.4, 0.5) is 10.2 Å². The minimum absolute atomic E-state index is 0.227. The first-order valence-corrected chi connectivity index (χ1v) is 5.77. The highest BCUT2D eigenvalue weighted by Crippen LogP contribution is 2.31. The Balaban J connectivity index is 2.28. The normalized spacial score (nSPS) is 10.8. The molecule has 5 heteroatoms. The fraction of sp³-hybridized carbons (Fsp3) is 0.0714. The highest BCUT2D eigenvalue weighted by Gasteiger charge is 2.14. The fourth-order valence-electron chi connectivity index (χ4n) is 2.03. The van der Waals surface area contributed by atoms with Crippen molar-refractivity contribution in [2.45, 2.75) is 6.92 Å². The summed E-state index contributed by atoms with van der Waals surface area (Å²) < 4.78 is 14.6. The molecule has 0 aliphatic heterocycles. The number of hydrogen-bond donors (Lipinski definition) is 0. The van der Waals surface area contributed by atoms with Gasteiger partial charge in [-0.1, -0.05) is 6.07 Å². The highest BCUT2D eigenvalue weighted by molar-refractivity contribution is 5.74. The first kappa shape index (κ1) is 11.5. The third-order valence-corrected chi connectivity index (χ3v) is 2.95. The van der Waals surface area contributed by atoms with E-state index in [2.05, 4.69) is 10.2 Å². The largest absolute Gasteiger partial charge is 0.281 e. The summed E-state index contributed by atoms with van der Waals surface area (Å²) >= 11 is 0. The Kier molecular flexibility index (Phi) is 2.59. The second-order valence-electron chi connectivity index (χ2n) is 4.32. The summed E-state index contributed by atoms with van der Waals surface area (Å²) in [5, 5.41) is 3.06. The van der Waals surface area contributed by atoms with E-state index in [1.165, 1.54) is 12.1 Å². The van der Waals surface area contributed by atoms with Crippen molar-refractivity contribution in [3.8, 4) is 11.3 Å². The van der Waals surface area contributed by atoms with Crippen molar-refractivity contribution in [1.29, 1.82) is 0 Å². The molecule has 3 aromatic rings. The summed E-state index contributed by atoms with van der Waals surface area (Å²) in [4.78, 5) is 15.4. The molecule has 0 aliphatic carbocycles. The van der Waals surface area contributed by atoms with Gasteiger partial charge in [0.2, 0.25) is 5.82 Å². The van der Waals surface area contributed by atoms with E-state index in [9.17, 15) is 9.30 Å². The van der Waals surface area contributed by atoms with E-state index in [4.69, 9.17) is 0 Å². The van der Waals surface area contributed by atoms with Gasteiger partial charge in [0.05, 0.1) is 0 Å². The molecule has 19 heavy (non-hydrogen) atoms. The fourth-order valence-corrected chi connectivity index (χ4v) is 2.03. The van der Waals surface area contributed by atoms with Crippen molar-refractivity contribution >= 4 is 11.5 Å². The average molecular weight is 255 g/mol. The van der Waals surface area contributed by atoms with Crippen LogP contribution in [0.2, 0.25) is 0 Å². The van der Waals surface area contributed by atoms with Crippen LogP contribution in [-0.2, 0) is 0 Å². The zero-order valence-electron chi connectivity index (χ0n) is 10.2. The molecule has 0 spiro atoms. The molecule has 0 bridgehead atoms. The van der Waals surface area contributed by atoms with Crippen molar-refractivity contribution < 1.29 is 4.39 Å². The van der Waals surface area contributed by atoms with Gasteiger partial charge >= 0.3 is 0 Å². The maximum absolute atomic E-state index is 12.9. The number of aryl methyl sites for hydroxylation is 1. The molecule has 2 aromatic heterocycles. The number of pyridine rings is 1. The Morgan fingerprint density at radius 3 is 2.58 bits per heavy atom. The van der Waals surface area contributed by atoms with Crippen LogP contribution in [0.3, 0.4) is 0 Å². The molecule has 0 radical (unpaired) electrons. The molecule has 0 fully saturated rings. The molecule has 0 amide bonds. The van der Waals surface area contributed by atoms with E-state index < -0.39 is 0 Å². The molecule has 2 heterocycles. The van der Waals surface area contributed by atoms with Crippen molar-refractivity contribution in [3.63, 3.8) is 0 Å². The molecule has 4 nitrogen and oxygen atoms in total. The number of halogens is 1. The SMILES string of the molecule is Cc1ccc2nc(-c3ccc(F)cc3)c(N=O)n2c1. The van der Waals surface area contributed by atoms with Gasteiger partial charge in [-0.15, -0.1) is 4.91 Å². The van der Waals surface area contributed by atoms with E-state index in [1.807, 2.05) is 19.1 Å². The molecule has 0 aliphatic rings. The lowest BCUT2D eigenvalue weighted by Gasteiger charge is -1.98. The van der Waals surface area contributed by atoms with Crippen LogP contribution in [0.25, 0.3) is 16.9 Å². The summed E-state index contributed by atoms with van der Waals surface area (Å²) in [6, 6.07) is 9.55. The summed E-state index contributed by atoms with van der Waals surface area (Å²) in [6.07, 6.45) is 1.80. The lowest BCUT2D eigenvalue weighted by Crippen LogP contribution is -1.84. The van der Waals surface area contributed by atoms with Crippen LogP contribution in [0.1, 0.15) is 5.56 Å². The van der Waals surface area contributed by atoms with Crippen LogP contribution < -0.4 is 0 Å². The maximum atomic E-state index is 12.9. The van der Waals surface area contributed by atoms with Crippen LogP contribution in [0.5, 0.6) is 0 Å². The lowest BCUT2D eigenvalue weighted by molar-refractivity contribution is 0.628. The number of imidazole rings is 1. The average Bonchev–Trinajstić information content (AvgIpc) is 2.77. The minimum atomic E-state index is -0.330. The van der Waals surface area contributed by atoms with Crippen molar-refractivity contribution in [1.82, 2.24) is 9.38 Å². The first-order chi connectivity index (χ1) is 9.19. The van der Waals surface area contributed by atoms with Crippen LogP contribution in [-0.4, -0.2) is 9.38 Å². The second-order valence-corrected chi connectivity index (χ2v) is 4.32. The topological polar surface area (TPSA) is 46.7 Å². The van der Waals surface area contributed by atoms with Gasteiger partial charge in [-0.25, -0.2) is 9.37 Å². The Morgan fingerprint density at radius 1 is 1.16 bits per heavy atom. The number of nitrogens with zero attached hydrogens (tertiary/aromatic N) is 3. The first-order valence-electron chi connectivity index (χ1n) is 5.77. The summed E-state index contributed by atoms with van der Waals surface area (Å²) in [7, 11) is 0. The van der Waals surface area contributed by atoms with Crippen molar-refractivity contribution in [2.75, 3.05) is 0 Å². The van der Waals surface area contributed by atoms with E-state index in [-0.39, 0.29) is 11.6 Å². The van der Waals surface area contributed by atoms with Crippen LogP contribution >= 0.6 is 0 Å². The van der Waals surface area contributed by atoms with Gasteiger partial charge in [-0.2, -0.15) is 0 Å². The number of aromatic nitrogens is 2. The molecule has 0 unspecified atom stereocenters. The van der Waals surface area contributed by atoms with E-state index in [0.29, 0.717) is 16.9 Å². The minimum Gasteiger partial charge on any atom is -0.281 e. The Hall–Kier alpha value is -2.56. The Labute approximate surface area is 108 Å². The van der Waals surface area contributed by atoms with Gasteiger partial charge in [0.1, 0.15) is 17.2 Å². The van der Waals surface area contributed by atoms with E-state index >= 15 is 0 Å². The monoisotopic (exact) mass is 255 g/mol. The third-order valence-electron chi connectivity index (χ3n) is 2.95. The zero-order chi connectivity index (χ0) is 13.4. The number of fused-ring (bicyclic) bond motifs is 1. The van der Waals surface area contributed by atoms with Crippen molar-refractivity contribution in [3.05, 3.63) is 58.9 Å².